The molecule has 14 nitrogen and oxygen atoms in total. The molecule has 0 bridgehead atoms. The van der Waals surface area contributed by atoms with Crippen molar-refractivity contribution in [2.45, 2.75) is 221 Å². The highest BCUT2D eigenvalue weighted by Gasteiger charge is 2.18. The number of rotatable bonds is 51. The lowest BCUT2D eigenvalue weighted by atomic mass is 9.83. The molecule has 0 rings (SSSR count). The quantitative estimate of drug-likeness (QED) is 0.0570. The van der Waals surface area contributed by atoms with Crippen molar-refractivity contribution in [2.24, 2.45) is 52.8 Å². The Bertz CT molecular complexity index is 1310. The zero-order valence-corrected chi connectivity index (χ0v) is 54.1. The summed E-state index contributed by atoms with van der Waals surface area (Å²) in [7, 11) is 0. The van der Waals surface area contributed by atoms with E-state index in [1.165, 1.54) is 32.1 Å². The van der Waals surface area contributed by atoms with Crippen LogP contribution in [0.3, 0.4) is 0 Å². The molecule has 0 aliphatic carbocycles. The van der Waals surface area contributed by atoms with E-state index in [0.717, 1.165) is 96.2 Å². The first-order valence-corrected chi connectivity index (χ1v) is 30.7. The molecule has 0 fully saturated rings. The summed E-state index contributed by atoms with van der Waals surface area (Å²) in [4.78, 5) is 45.1. The van der Waals surface area contributed by atoms with Crippen molar-refractivity contribution < 1.29 is 66.9 Å². The summed E-state index contributed by atoms with van der Waals surface area (Å²) >= 11 is 0. The molecule has 1 atom stereocenters. The summed E-state index contributed by atoms with van der Waals surface area (Å²) < 4.78 is 48.5. The van der Waals surface area contributed by atoms with Crippen LogP contribution in [0.25, 0.3) is 0 Å². The van der Waals surface area contributed by atoms with Crippen molar-refractivity contribution in [1.29, 1.82) is 0 Å². The van der Waals surface area contributed by atoms with Crippen molar-refractivity contribution in [3.8, 4) is 0 Å². The minimum atomic E-state index is -0.252. The fraction of sp³-hybridized carbons (Fsp3) is 0.938. The average molecular weight is 1120 g/mol. The molecular weight excluding hydrogens is 993 g/mol. The third kappa shape index (κ3) is 70.4. The lowest BCUT2D eigenvalue weighted by Crippen LogP contribution is -2.17. The maximum atomic E-state index is 11.3. The molecule has 0 radical (unpaired) electrons. The first-order chi connectivity index (χ1) is 36.7. The van der Waals surface area contributed by atoms with Gasteiger partial charge in [-0.3, -0.25) is 19.2 Å². The minimum Gasteiger partial charge on any atom is -0.393 e. The fourth-order valence-corrected chi connectivity index (χ4v) is 6.19. The molecule has 0 saturated heterocycles. The second-order valence-electron chi connectivity index (χ2n) is 24.5. The Morgan fingerprint density at radius 1 is 0.295 bits per heavy atom. The van der Waals surface area contributed by atoms with E-state index in [0.29, 0.717) is 83.1 Å². The van der Waals surface area contributed by atoms with Gasteiger partial charge in [0.25, 0.3) is 0 Å². The van der Waals surface area contributed by atoms with Crippen LogP contribution in [-0.2, 0) is 61.8 Å². The van der Waals surface area contributed by atoms with Crippen molar-refractivity contribution >= 4 is 23.1 Å². The number of aliphatic hydroxyl groups excluding tert-OH is 1. The van der Waals surface area contributed by atoms with E-state index < -0.39 is 0 Å². The van der Waals surface area contributed by atoms with Gasteiger partial charge >= 0.3 is 0 Å². The predicted octanol–water partition coefficient (Wildman–Crippen LogP) is 13.5. The smallest absolute Gasteiger partial charge is 0.160 e. The first kappa shape index (κ1) is 82.7. The maximum Gasteiger partial charge on any atom is 0.160 e. The standard InChI is InChI=1S/C18H36O3.C16H32O4.C16H32O3.C14H28O4/c1-15(2)8-9-18(5,6)10-13-20-11-7-12-21-14-17(19)16(3)4;1-13(2)6-7-15(17)8-11-19-9-5-10-20-12-16(18)14(3)4;1-14(2)9-6-5-7-10-18-11-8-12-19-13-16(17)15(3)4;1-12(2)5-6-16-7-8-17-9-10-18-11-14(15)13(3)4/h15-16H,7-14H2,1-6H3;13-15,17H,5-12H2,1-4H3;14-15H,5-13H2,1-4H3;12-13H,5-11H2,1-4H3. The average Bonchev–Trinajstić information content (AvgIpc) is 3.36. The second-order valence-corrected chi connectivity index (χ2v) is 24.5. The Labute approximate surface area is 480 Å². The van der Waals surface area contributed by atoms with Gasteiger partial charge in [-0.25, -0.2) is 0 Å². The molecule has 1 unspecified atom stereocenters. The molecule has 0 spiro atoms. The Balaban J connectivity index is -0.000000469. The number of hydrogen-bond acceptors (Lipinski definition) is 14. The van der Waals surface area contributed by atoms with Gasteiger partial charge in [0.2, 0.25) is 0 Å². The van der Waals surface area contributed by atoms with Crippen LogP contribution in [0.5, 0.6) is 0 Å². The third-order valence-electron chi connectivity index (χ3n) is 12.4. The number of ether oxygens (including phenoxy) is 9. The van der Waals surface area contributed by atoms with Gasteiger partial charge < -0.3 is 47.7 Å². The fourth-order valence-electron chi connectivity index (χ4n) is 6.19. The highest BCUT2D eigenvalue weighted by Crippen LogP contribution is 2.28. The van der Waals surface area contributed by atoms with Crippen molar-refractivity contribution in [1.82, 2.24) is 0 Å². The molecule has 14 heteroatoms. The number of unbranched alkanes of at least 4 members (excludes halogenated alkanes) is 2. The van der Waals surface area contributed by atoms with Crippen LogP contribution in [0, 0.1) is 52.8 Å². The lowest BCUT2D eigenvalue weighted by Gasteiger charge is -2.25. The number of carbonyl (C=O) groups excluding carboxylic acids is 4. The largest absolute Gasteiger partial charge is 0.393 e. The summed E-state index contributed by atoms with van der Waals surface area (Å²) in [5.74, 6) is 3.73. The SMILES string of the molecule is CC(C)CCC(C)(C)CCOCCCOCC(=O)C(C)C.CC(C)CCC(O)CCOCCCOCC(=O)C(C)C.CC(C)CCCCCOCCCOCC(=O)C(C)C.CC(C)CCOCCOCCOCC(=O)C(C)C. The van der Waals surface area contributed by atoms with Crippen LogP contribution >= 0.6 is 0 Å². The van der Waals surface area contributed by atoms with Crippen molar-refractivity contribution in [3.05, 3.63) is 0 Å². The Kier molecular flexibility index (Phi) is 62.0. The molecular formula is C64H128O14. The number of carbonyl (C=O) groups is 4. The summed E-state index contributed by atoms with van der Waals surface area (Å²) in [5, 5.41) is 9.71. The van der Waals surface area contributed by atoms with E-state index >= 15 is 0 Å². The molecule has 0 aliphatic rings. The lowest BCUT2D eigenvalue weighted by molar-refractivity contribution is -0.127. The van der Waals surface area contributed by atoms with Crippen LogP contribution in [0.4, 0.5) is 0 Å². The summed E-state index contributed by atoms with van der Waals surface area (Å²) in [6, 6.07) is 0. The van der Waals surface area contributed by atoms with Gasteiger partial charge in [-0.1, -0.05) is 150 Å². The summed E-state index contributed by atoms with van der Waals surface area (Å²) in [5.41, 5.74) is 0.366. The third-order valence-corrected chi connectivity index (χ3v) is 12.4. The molecule has 0 heterocycles. The molecule has 0 aliphatic heterocycles. The van der Waals surface area contributed by atoms with Crippen LogP contribution in [0.1, 0.15) is 215 Å². The first-order valence-electron chi connectivity index (χ1n) is 30.7. The molecule has 0 aromatic rings. The highest BCUT2D eigenvalue weighted by molar-refractivity contribution is 5.82. The summed E-state index contributed by atoms with van der Waals surface area (Å²) in [6.07, 6.45) is 14.6. The molecule has 0 aromatic carbocycles. The van der Waals surface area contributed by atoms with E-state index in [4.69, 9.17) is 42.6 Å². The molecule has 0 amide bonds. The molecule has 78 heavy (non-hydrogen) atoms. The van der Waals surface area contributed by atoms with E-state index in [9.17, 15) is 24.3 Å². The van der Waals surface area contributed by atoms with Crippen LogP contribution in [0.2, 0.25) is 0 Å². The van der Waals surface area contributed by atoms with Gasteiger partial charge in [0.1, 0.15) is 26.4 Å². The van der Waals surface area contributed by atoms with E-state index in [-0.39, 0.29) is 79.3 Å². The van der Waals surface area contributed by atoms with Crippen LogP contribution in [-0.4, -0.2) is 153 Å². The van der Waals surface area contributed by atoms with Gasteiger partial charge in [0.15, 0.2) is 23.1 Å². The van der Waals surface area contributed by atoms with Crippen LogP contribution < -0.4 is 0 Å². The number of ketones is 4. The molecule has 1 N–H and O–H groups in total. The maximum absolute atomic E-state index is 11.3. The van der Waals surface area contributed by atoms with Crippen molar-refractivity contribution in [2.75, 3.05) is 119 Å². The van der Waals surface area contributed by atoms with Crippen LogP contribution in [0.15, 0.2) is 0 Å². The summed E-state index contributed by atoms with van der Waals surface area (Å²) in [6.45, 7) is 47.4. The topological polar surface area (TPSA) is 172 Å². The molecule has 0 aromatic heterocycles. The van der Waals surface area contributed by atoms with Gasteiger partial charge in [0.05, 0.1) is 32.5 Å². The Morgan fingerprint density at radius 3 is 1.00 bits per heavy atom. The van der Waals surface area contributed by atoms with E-state index in [2.05, 4.69) is 69.2 Å². The van der Waals surface area contributed by atoms with E-state index in [1.807, 2.05) is 55.4 Å². The van der Waals surface area contributed by atoms with E-state index in [1.54, 1.807) is 0 Å². The van der Waals surface area contributed by atoms with Gasteiger partial charge in [-0.15, -0.1) is 0 Å². The Morgan fingerprint density at radius 2 is 0.603 bits per heavy atom. The zero-order chi connectivity index (χ0) is 60.0. The van der Waals surface area contributed by atoms with Gasteiger partial charge in [-0.2, -0.15) is 0 Å². The normalized spacial score (nSPS) is 12.1. The zero-order valence-electron chi connectivity index (χ0n) is 54.1. The predicted molar refractivity (Wildman–Crippen MR) is 321 cm³/mol. The Hall–Kier alpha value is -1.72. The van der Waals surface area contributed by atoms with Gasteiger partial charge in [-0.05, 0) is 93.3 Å². The van der Waals surface area contributed by atoms with Gasteiger partial charge in [0, 0.05) is 89.7 Å². The molecule has 0 saturated carbocycles. The number of hydrogen-bond donors (Lipinski definition) is 1. The number of aliphatic hydroxyl groups is 1. The monoisotopic (exact) mass is 1120 g/mol. The van der Waals surface area contributed by atoms with Crippen molar-refractivity contribution in [3.63, 3.8) is 0 Å². The molecule has 468 valence electrons. The second kappa shape index (κ2) is 58.5. The highest BCUT2D eigenvalue weighted by atomic mass is 16.5. The minimum absolute atomic E-state index is 0.0403. The number of Topliss-reactive ketones (excluding diaryl/α,β-unsaturated/α-hetero) is 4.